The molecule has 2 rings (SSSR count). The van der Waals surface area contributed by atoms with E-state index in [1.54, 1.807) is 12.1 Å². The van der Waals surface area contributed by atoms with Crippen LogP contribution in [0, 0.1) is 5.92 Å². The molecule has 0 fully saturated rings. The first kappa shape index (κ1) is 16.7. The van der Waals surface area contributed by atoms with Crippen molar-refractivity contribution in [2.75, 3.05) is 0 Å². The van der Waals surface area contributed by atoms with Crippen LogP contribution in [0.5, 0.6) is 0 Å². The van der Waals surface area contributed by atoms with E-state index in [2.05, 4.69) is 5.32 Å². The molecule has 4 heteroatoms. The van der Waals surface area contributed by atoms with E-state index in [0.29, 0.717) is 5.56 Å². The quantitative estimate of drug-likeness (QED) is 0.861. The molecule has 0 aromatic heterocycles. The minimum Gasteiger partial charge on any atom is -0.368 e. The Bertz CT molecular complexity index is 666. The van der Waals surface area contributed by atoms with Crippen LogP contribution < -0.4 is 11.1 Å². The van der Waals surface area contributed by atoms with E-state index < -0.39 is 11.9 Å². The van der Waals surface area contributed by atoms with Crippen LogP contribution in [0.2, 0.25) is 0 Å². The number of carbonyl (C=O) groups is 2. The van der Waals surface area contributed by atoms with Gasteiger partial charge in [0.15, 0.2) is 0 Å². The molecule has 0 saturated heterocycles. The van der Waals surface area contributed by atoms with Crippen LogP contribution >= 0.6 is 0 Å². The first-order chi connectivity index (χ1) is 11.0. The second-order valence-corrected chi connectivity index (χ2v) is 5.68. The van der Waals surface area contributed by atoms with Crippen LogP contribution in [0.15, 0.2) is 54.6 Å². The molecule has 0 heterocycles. The molecule has 2 aromatic rings. The van der Waals surface area contributed by atoms with E-state index in [0.717, 1.165) is 17.5 Å². The standard InChI is InChI=1S/C19H22N2O2/c1-3-13(2)17(18(20)22)21-19(23)16-11-9-15(10-12-16)14-7-5-4-6-8-14/h4-13,17H,3H2,1-2H3,(H2,20,22)(H,21,23)/t13-,17+/m1/s1. The van der Waals surface area contributed by atoms with Gasteiger partial charge in [0.1, 0.15) is 6.04 Å². The number of rotatable bonds is 6. The van der Waals surface area contributed by atoms with Crippen molar-refractivity contribution < 1.29 is 9.59 Å². The lowest BCUT2D eigenvalue weighted by atomic mass is 9.98. The predicted octanol–water partition coefficient (Wildman–Crippen LogP) is 2.98. The minimum absolute atomic E-state index is 0.0000389. The number of nitrogens with one attached hydrogen (secondary N) is 1. The average molecular weight is 310 g/mol. The molecule has 0 aliphatic rings. The SMILES string of the molecule is CC[C@@H](C)[C@H](NC(=O)c1ccc(-c2ccccc2)cc1)C(N)=O. The number of nitrogens with two attached hydrogens (primary N) is 1. The molecule has 0 aliphatic carbocycles. The monoisotopic (exact) mass is 310 g/mol. The molecular formula is C19H22N2O2. The van der Waals surface area contributed by atoms with E-state index in [4.69, 9.17) is 5.73 Å². The van der Waals surface area contributed by atoms with Gasteiger partial charge in [-0.05, 0) is 29.2 Å². The van der Waals surface area contributed by atoms with Gasteiger partial charge in [0, 0.05) is 5.56 Å². The van der Waals surface area contributed by atoms with E-state index in [-0.39, 0.29) is 11.8 Å². The highest BCUT2D eigenvalue weighted by atomic mass is 16.2. The number of hydrogen-bond donors (Lipinski definition) is 2. The molecule has 2 atom stereocenters. The van der Waals surface area contributed by atoms with Gasteiger partial charge in [0.2, 0.25) is 5.91 Å². The van der Waals surface area contributed by atoms with Gasteiger partial charge in [0.25, 0.3) is 5.91 Å². The molecule has 0 saturated carbocycles. The molecule has 0 bridgehead atoms. The van der Waals surface area contributed by atoms with Gasteiger partial charge in [-0.2, -0.15) is 0 Å². The van der Waals surface area contributed by atoms with Crippen molar-refractivity contribution in [2.45, 2.75) is 26.3 Å². The van der Waals surface area contributed by atoms with Crippen molar-refractivity contribution in [1.82, 2.24) is 5.32 Å². The third-order valence-electron chi connectivity index (χ3n) is 4.06. The molecule has 4 nitrogen and oxygen atoms in total. The Hall–Kier alpha value is -2.62. The van der Waals surface area contributed by atoms with Crippen LogP contribution in [0.4, 0.5) is 0 Å². The van der Waals surface area contributed by atoms with Crippen LogP contribution in [-0.2, 0) is 4.79 Å². The predicted molar refractivity (Wildman–Crippen MR) is 91.8 cm³/mol. The lowest BCUT2D eigenvalue weighted by molar-refractivity contribution is -0.120. The molecule has 2 amide bonds. The summed E-state index contributed by atoms with van der Waals surface area (Å²) in [6.07, 6.45) is 0.765. The molecule has 0 aliphatic heterocycles. The van der Waals surface area contributed by atoms with Crippen molar-refractivity contribution in [3.05, 3.63) is 60.2 Å². The maximum Gasteiger partial charge on any atom is 0.251 e. The second-order valence-electron chi connectivity index (χ2n) is 5.68. The second kappa shape index (κ2) is 7.58. The highest BCUT2D eigenvalue weighted by Crippen LogP contribution is 2.19. The summed E-state index contributed by atoms with van der Waals surface area (Å²) in [5.41, 5.74) is 8.03. The Kier molecular flexibility index (Phi) is 5.52. The molecule has 120 valence electrons. The van der Waals surface area contributed by atoms with Gasteiger partial charge in [0.05, 0.1) is 0 Å². The number of benzene rings is 2. The van der Waals surface area contributed by atoms with Gasteiger partial charge >= 0.3 is 0 Å². The molecular weight excluding hydrogens is 288 g/mol. The topological polar surface area (TPSA) is 72.2 Å². The Morgan fingerprint density at radius 2 is 1.57 bits per heavy atom. The van der Waals surface area contributed by atoms with Crippen molar-refractivity contribution in [3.8, 4) is 11.1 Å². The highest BCUT2D eigenvalue weighted by molar-refractivity contribution is 5.97. The average Bonchev–Trinajstić information content (AvgIpc) is 2.59. The van der Waals surface area contributed by atoms with Gasteiger partial charge in [-0.25, -0.2) is 0 Å². The molecule has 0 radical (unpaired) electrons. The normalized spacial score (nSPS) is 13.1. The molecule has 3 N–H and O–H groups in total. The Balaban J connectivity index is 2.12. The summed E-state index contributed by atoms with van der Waals surface area (Å²) in [6.45, 7) is 3.86. The maximum atomic E-state index is 12.3. The zero-order valence-corrected chi connectivity index (χ0v) is 13.5. The first-order valence-electron chi connectivity index (χ1n) is 7.78. The summed E-state index contributed by atoms with van der Waals surface area (Å²) >= 11 is 0. The number of primary amides is 1. The maximum absolute atomic E-state index is 12.3. The zero-order valence-electron chi connectivity index (χ0n) is 13.5. The van der Waals surface area contributed by atoms with Crippen molar-refractivity contribution in [2.24, 2.45) is 11.7 Å². The summed E-state index contributed by atoms with van der Waals surface area (Å²) in [7, 11) is 0. The summed E-state index contributed by atoms with van der Waals surface area (Å²) in [5, 5.41) is 2.73. The molecule has 0 spiro atoms. The number of amides is 2. The number of hydrogen-bond acceptors (Lipinski definition) is 2. The first-order valence-corrected chi connectivity index (χ1v) is 7.78. The van der Waals surface area contributed by atoms with Gasteiger partial charge < -0.3 is 11.1 Å². The van der Waals surface area contributed by atoms with Crippen LogP contribution in [-0.4, -0.2) is 17.9 Å². The summed E-state index contributed by atoms with van der Waals surface area (Å²) < 4.78 is 0. The fourth-order valence-electron chi connectivity index (χ4n) is 2.40. The van der Waals surface area contributed by atoms with E-state index in [1.807, 2.05) is 56.3 Å². The number of carbonyl (C=O) groups excluding carboxylic acids is 2. The molecule has 2 aromatic carbocycles. The fraction of sp³-hybridized carbons (Fsp3) is 0.263. The van der Waals surface area contributed by atoms with Crippen molar-refractivity contribution in [3.63, 3.8) is 0 Å². The lowest BCUT2D eigenvalue weighted by Crippen LogP contribution is -2.48. The lowest BCUT2D eigenvalue weighted by Gasteiger charge is -2.21. The van der Waals surface area contributed by atoms with Crippen molar-refractivity contribution in [1.29, 1.82) is 0 Å². The Morgan fingerprint density at radius 1 is 1.00 bits per heavy atom. The minimum atomic E-state index is -0.652. The van der Waals surface area contributed by atoms with Crippen molar-refractivity contribution >= 4 is 11.8 Å². The van der Waals surface area contributed by atoms with E-state index >= 15 is 0 Å². The fourth-order valence-corrected chi connectivity index (χ4v) is 2.40. The van der Waals surface area contributed by atoms with Gasteiger partial charge in [-0.15, -0.1) is 0 Å². The Morgan fingerprint density at radius 3 is 2.09 bits per heavy atom. The van der Waals surface area contributed by atoms with Crippen LogP contribution in [0.3, 0.4) is 0 Å². The summed E-state index contributed by atoms with van der Waals surface area (Å²) in [4.78, 5) is 23.8. The van der Waals surface area contributed by atoms with Gasteiger partial charge in [-0.1, -0.05) is 62.7 Å². The third-order valence-corrected chi connectivity index (χ3v) is 4.06. The smallest absolute Gasteiger partial charge is 0.251 e. The zero-order chi connectivity index (χ0) is 16.8. The van der Waals surface area contributed by atoms with Crippen LogP contribution in [0.25, 0.3) is 11.1 Å². The highest BCUT2D eigenvalue weighted by Gasteiger charge is 2.23. The van der Waals surface area contributed by atoms with Gasteiger partial charge in [-0.3, -0.25) is 9.59 Å². The molecule has 23 heavy (non-hydrogen) atoms. The molecule has 0 unspecified atom stereocenters. The van der Waals surface area contributed by atoms with Crippen LogP contribution in [0.1, 0.15) is 30.6 Å². The summed E-state index contributed by atoms with van der Waals surface area (Å²) in [6, 6.07) is 16.6. The summed E-state index contributed by atoms with van der Waals surface area (Å²) in [5.74, 6) is -0.789. The van der Waals surface area contributed by atoms with E-state index in [1.165, 1.54) is 0 Å². The largest absolute Gasteiger partial charge is 0.368 e. The Labute approximate surface area is 136 Å². The van der Waals surface area contributed by atoms with E-state index in [9.17, 15) is 9.59 Å². The third kappa shape index (κ3) is 4.19.